The number of thiophene rings is 1. The van der Waals surface area contributed by atoms with Crippen molar-refractivity contribution in [3.8, 4) is 0 Å². The van der Waals surface area contributed by atoms with Crippen LogP contribution < -0.4 is 5.73 Å². The van der Waals surface area contributed by atoms with Crippen molar-refractivity contribution in [1.82, 2.24) is 4.90 Å². The molecule has 15 heavy (non-hydrogen) atoms. The van der Waals surface area contributed by atoms with E-state index in [0.717, 1.165) is 19.0 Å². The van der Waals surface area contributed by atoms with Gasteiger partial charge in [0.2, 0.25) is 0 Å². The Morgan fingerprint density at radius 2 is 2.40 bits per heavy atom. The molecule has 0 unspecified atom stereocenters. The molecule has 84 valence electrons. The third-order valence-electron chi connectivity index (χ3n) is 3.11. The Labute approximate surface area is 96.1 Å². The van der Waals surface area contributed by atoms with Crippen LogP contribution in [0.2, 0.25) is 0 Å². The molecule has 1 aromatic heterocycles. The predicted octanol–water partition coefficient (Wildman–Crippen LogP) is 2.23. The molecule has 3 heteroatoms. The second-order valence-electron chi connectivity index (χ2n) is 4.49. The first-order chi connectivity index (χ1) is 7.28. The summed E-state index contributed by atoms with van der Waals surface area (Å²) in [5.74, 6) is 0.722. The molecular weight excluding hydrogens is 204 g/mol. The molecule has 1 aromatic rings. The van der Waals surface area contributed by atoms with Crippen molar-refractivity contribution in [2.24, 2.45) is 11.7 Å². The molecule has 1 aliphatic heterocycles. The molecule has 0 aromatic carbocycles. The van der Waals surface area contributed by atoms with Gasteiger partial charge in [-0.25, -0.2) is 0 Å². The minimum atomic E-state index is 0.722. The van der Waals surface area contributed by atoms with Gasteiger partial charge in [-0.1, -0.05) is 0 Å². The number of nitrogens with zero attached hydrogens (tertiary/aromatic N) is 1. The van der Waals surface area contributed by atoms with E-state index in [4.69, 9.17) is 5.73 Å². The Morgan fingerprint density at radius 1 is 1.53 bits per heavy atom. The van der Waals surface area contributed by atoms with Crippen LogP contribution in [0.4, 0.5) is 0 Å². The largest absolute Gasteiger partial charge is 0.330 e. The molecule has 0 saturated carbocycles. The summed E-state index contributed by atoms with van der Waals surface area (Å²) in [6, 6.07) is 4.47. The lowest BCUT2D eigenvalue weighted by molar-refractivity contribution is 0.172. The number of hydrogen-bond donors (Lipinski definition) is 1. The minimum absolute atomic E-state index is 0.722. The number of aryl methyl sites for hydroxylation is 1. The van der Waals surface area contributed by atoms with E-state index in [-0.39, 0.29) is 0 Å². The quantitative estimate of drug-likeness (QED) is 0.853. The summed E-state index contributed by atoms with van der Waals surface area (Å²) in [4.78, 5) is 5.45. The van der Waals surface area contributed by atoms with Crippen LogP contribution >= 0.6 is 11.3 Å². The fraction of sp³-hybridized carbons (Fsp3) is 0.667. The van der Waals surface area contributed by atoms with Gasteiger partial charge in [-0.05, 0) is 50.9 Å². The van der Waals surface area contributed by atoms with E-state index in [2.05, 4.69) is 24.0 Å². The third kappa shape index (κ3) is 3.03. The first-order valence-corrected chi connectivity index (χ1v) is 6.57. The van der Waals surface area contributed by atoms with Crippen LogP contribution in [0.25, 0.3) is 0 Å². The fourth-order valence-corrected chi connectivity index (χ4v) is 3.21. The average Bonchev–Trinajstić information content (AvgIpc) is 2.64. The van der Waals surface area contributed by atoms with Gasteiger partial charge in [0, 0.05) is 22.8 Å². The zero-order valence-electron chi connectivity index (χ0n) is 9.41. The lowest BCUT2D eigenvalue weighted by Crippen LogP contribution is -2.37. The highest BCUT2D eigenvalue weighted by molar-refractivity contribution is 7.11. The Balaban J connectivity index is 1.88. The van der Waals surface area contributed by atoms with Gasteiger partial charge in [0.25, 0.3) is 0 Å². The molecule has 0 amide bonds. The van der Waals surface area contributed by atoms with Crippen LogP contribution in [0.1, 0.15) is 22.6 Å². The van der Waals surface area contributed by atoms with E-state index in [9.17, 15) is 0 Å². The van der Waals surface area contributed by atoms with Crippen molar-refractivity contribution < 1.29 is 0 Å². The maximum absolute atomic E-state index is 5.74. The smallest absolute Gasteiger partial charge is 0.0328 e. The summed E-state index contributed by atoms with van der Waals surface area (Å²) >= 11 is 1.92. The molecule has 1 aliphatic rings. The molecule has 0 aliphatic carbocycles. The van der Waals surface area contributed by atoms with Crippen molar-refractivity contribution in [3.05, 3.63) is 21.9 Å². The van der Waals surface area contributed by atoms with E-state index >= 15 is 0 Å². The van der Waals surface area contributed by atoms with Gasteiger partial charge in [-0.15, -0.1) is 11.3 Å². The number of hydrogen-bond acceptors (Lipinski definition) is 3. The van der Waals surface area contributed by atoms with Crippen LogP contribution in [0.5, 0.6) is 0 Å². The van der Waals surface area contributed by atoms with Crippen molar-refractivity contribution in [2.45, 2.75) is 26.3 Å². The molecule has 1 fully saturated rings. The van der Waals surface area contributed by atoms with Crippen molar-refractivity contribution in [1.29, 1.82) is 0 Å². The number of rotatable bonds is 3. The lowest BCUT2D eigenvalue weighted by Gasteiger charge is -2.31. The maximum atomic E-state index is 5.74. The monoisotopic (exact) mass is 224 g/mol. The molecule has 1 saturated heterocycles. The van der Waals surface area contributed by atoms with Crippen molar-refractivity contribution in [3.63, 3.8) is 0 Å². The lowest BCUT2D eigenvalue weighted by atomic mass is 9.98. The predicted molar refractivity (Wildman–Crippen MR) is 66.1 cm³/mol. The minimum Gasteiger partial charge on any atom is -0.330 e. The Hall–Kier alpha value is -0.380. The van der Waals surface area contributed by atoms with Gasteiger partial charge in [-0.2, -0.15) is 0 Å². The Morgan fingerprint density at radius 3 is 3.07 bits per heavy atom. The zero-order valence-corrected chi connectivity index (χ0v) is 10.2. The summed E-state index contributed by atoms with van der Waals surface area (Å²) in [6.45, 7) is 6.57. The first kappa shape index (κ1) is 11.1. The van der Waals surface area contributed by atoms with Crippen molar-refractivity contribution in [2.75, 3.05) is 19.6 Å². The van der Waals surface area contributed by atoms with Gasteiger partial charge < -0.3 is 5.73 Å². The van der Waals surface area contributed by atoms with Gasteiger partial charge in [-0.3, -0.25) is 4.90 Å². The average molecular weight is 224 g/mol. The van der Waals surface area contributed by atoms with Crippen LogP contribution in [0.3, 0.4) is 0 Å². The highest BCUT2D eigenvalue weighted by Gasteiger charge is 2.18. The maximum Gasteiger partial charge on any atom is 0.0328 e. The SMILES string of the molecule is Cc1ccc(CN2CCC[C@H](CN)C2)s1. The van der Waals surface area contributed by atoms with Crippen LogP contribution in [-0.4, -0.2) is 24.5 Å². The highest BCUT2D eigenvalue weighted by atomic mass is 32.1. The van der Waals surface area contributed by atoms with Crippen LogP contribution in [-0.2, 0) is 6.54 Å². The van der Waals surface area contributed by atoms with Crippen LogP contribution in [0, 0.1) is 12.8 Å². The first-order valence-electron chi connectivity index (χ1n) is 5.75. The van der Waals surface area contributed by atoms with E-state index in [1.54, 1.807) is 0 Å². The van der Waals surface area contributed by atoms with E-state index in [0.29, 0.717) is 0 Å². The van der Waals surface area contributed by atoms with Gasteiger partial charge in [0.1, 0.15) is 0 Å². The molecule has 0 spiro atoms. The summed E-state index contributed by atoms with van der Waals surface area (Å²) in [7, 11) is 0. The van der Waals surface area contributed by atoms with E-state index in [1.807, 2.05) is 11.3 Å². The molecule has 2 heterocycles. The van der Waals surface area contributed by atoms with Crippen molar-refractivity contribution >= 4 is 11.3 Å². The molecule has 0 bridgehead atoms. The van der Waals surface area contributed by atoms with Crippen LogP contribution in [0.15, 0.2) is 12.1 Å². The van der Waals surface area contributed by atoms with E-state index in [1.165, 1.54) is 35.7 Å². The van der Waals surface area contributed by atoms with Gasteiger partial charge >= 0.3 is 0 Å². The topological polar surface area (TPSA) is 29.3 Å². The summed E-state index contributed by atoms with van der Waals surface area (Å²) in [5.41, 5.74) is 5.74. The summed E-state index contributed by atoms with van der Waals surface area (Å²) in [6.07, 6.45) is 2.63. The molecule has 2 N–H and O–H groups in total. The third-order valence-corrected chi connectivity index (χ3v) is 4.10. The standard InChI is InChI=1S/C12H20N2S/c1-10-4-5-12(15-10)9-14-6-2-3-11(7-13)8-14/h4-5,11H,2-3,6-9,13H2,1H3/t11-/m1/s1. The zero-order chi connectivity index (χ0) is 10.7. The molecule has 2 nitrogen and oxygen atoms in total. The van der Waals surface area contributed by atoms with Gasteiger partial charge in [0.15, 0.2) is 0 Å². The number of piperidine rings is 1. The normalized spacial score (nSPS) is 23.2. The Bertz CT molecular complexity index is 308. The second-order valence-corrected chi connectivity index (χ2v) is 5.86. The van der Waals surface area contributed by atoms with E-state index < -0.39 is 0 Å². The van der Waals surface area contributed by atoms with Gasteiger partial charge in [0.05, 0.1) is 0 Å². The molecule has 2 rings (SSSR count). The Kier molecular flexibility index (Phi) is 3.78. The summed E-state index contributed by atoms with van der Waals surface area (Å²) < 4.78 is 0. The second kappa shape index (κ2) is 5.10. The molecule has 0 radical (unpaired) electrons. The fourth-order valence-electron chi connectivity index (χ4n) is 2.28. The number of nitrogens with two attached hydrogens (primary N) is 1. The number of likely N-dealkylation sites (tertiary alicyclic amines) is 1. The molecular formula is C12H20N2S. The molecule has 1 atom stereocenters. The highest BCUT2D eigenvalue weighted by Crippen LogP contribution is 2.21. The summed E-state index contributed by atoms with van der Waals surface area (Å²) in [5, 5.41) is 0.